The molecule has 1 N–H and O–H groups in total. The van der Waals surface area contributed by atoms with Gasteiger partial charge in [0.05, 0.1) is 6.07 Å². The van der Waals surface area contributed by atoms with Crippen LogP contribution < -0.4 is 5.32 Å². The number of nitrogens with zero attached hydrogens (tertiary/aromatic N) is 2. The molecule has 1 aromatic carbocycles. The number of hydrogen-bond donors (Lipinski definition) is 1. The van der Waals surface area contributed by atoms with Crippen LogP contribution in [0.4, 0.5) is 5.69 Å². The molecule has 2 fully saturated rings. The van der Waals surface area contributed by atoms with Gasteiger partial charge in [-0.3, -0.25) is 0 Å². The highest BCUT2D eigenvalue weighted by atomic mass is 79.9. The van der Waals surface area contributed by atoms with Gasteiger partial charge in [0, 0.05) is 22.7 Å². The van der Waals surface area contributed by atoms with Crippen molar-refractivity contribution in [2.45, 2.75) is 37.3 Å². The highest BCUT2D eigenvalue weighted by Crippen LogP contribution is 2.35. The number of nitrogens with one attached hydrogen (secondary N) is 1. The van der Waals surface area contributed by atoms with Crippen LogP contribution in [0.1, 0.15) is 25.7 Å². The smallest absolute Gasteiger partial charge is 0.128 e. The minimum absolute atomic E-state index is 0.390. The summed E-state index contributed by atoms with van der Waals surface area (Å²) in [6.07, 6.45) is 4.38. The molecule has 0 bridgehead atoms. The van der Waals surface area contributed by atoms with Gasteiger partial charge in [-0.05, 0) is 56.5 Å². The zero-order chi connectivity index (χ0) is 13.3. The van der Waals surface area contributed by atoms with Crippen molar-refractivity contribution in [3.63, 3.8) is 0 Å². The molecule has 19 heavy (non-hydrogen) atoms. The van der Waals surface area contributed by atoms with Crippen LogP contribution in [0.25, 0.3) is 0 Å². The highest BCUT2D eigenvalue weighted by molar-refractivity contribution is 9.10. The van der Waals surface area contributed by atoms with Crippen LogP contribution >= 0.6 is 15.9 Å². The average Bonchev–Trinajstić information content (AvgIpc) is 2.88. The molecule has 2 heterocycles. The average molecular weight is 320 g/mol. The van der Waals surface area contributed by atoms with Gasteiger partial charge in [0.1, 0.15) is 5.54 Å². The standard InChI is InChI=1S/C15H18BrN3/c16-12-3-5-13(6-4-12)18-15(11-17)7-9-19-8-1-2-14(19)10-15/h3-6,14,18H,1-2,7-10H2. The number of piperidine rings is 1. The summed E-state index contributed by atoms with van der Waals surface area (Å²) in [6.45, 7) is 2.26. The van der Waals surface area contributed by atoms with E-state index in [0.29, 0.717) is 6.04 Å². The minimum atomic E-state index is -0.390. The van der Waals surface area contributed by atoms with Crippen molar-refractivity contribution in [2.75, 3.05) is 18.4 Å². The molecule has 0 aliphatic carbocycles. The Morgan fingerprint density at radius 1 is 1.32 bits per heavy atom. The second kappa shape index (κ2) is 5.15. The Hall–Kier alpha value is -1.05. The second-order valence-corrected chi connectivity index (χ2v) is 6.53. The van der Waals surface area contributed by atoms with E-state index in [-0.39, 0.29) is 5.54 Å². The van der Waals surface area contributed by atoms with Crippen molar-refractivity contribution >= 4 is 21.6 Å². The fourth-order valence-electron chi connectivity index (χ4n) is 3.31. The maximum Gasteiger partial charge on any atom is 0.128 e. The third-order valence-electron chi connectivity index (χ3n) is 4.35. The van der Waals surface area contributed by atoms with Crippen molar-refractivity contribution in [3.8, 4) is 6.07 Å². The summed E-state index contributed by atoms with van der Waals surface area (Å²) in [5.41, 5.74) is 0.649. The lowest BCUT2D eigenvalue weighted by Gasteiger charge is -2.40. The lowest BCUT2D eigenvalue weighted by molar-refractivity contribution is 0.165. The molecular formula is C15H18BrN3. The van der Waals surface area contributed by atoms with Gasteiger partial charge in [0.15, 0.2) is 0 Å². The summed E-state index contributed by atoms with van der Waals surface area (Å²) in [5.74, 6) is 0. The first-order chi connectivity index (χ1) is 9.21. The maximum absolute atomic E-state index is 9.64. The molecule has 4 heteroatoms. The third-order valence-corrected chi connectivity index (χ3v) is 4.88. The fraction of sp³-hybridized carbons (Fsp3) is 0.533. The van der Waals surface area contributed by atoms with E-state index in [1.165, 1.54) is 19.4 Å². The first-order valence-electron chi connectivity index (χ1n) is 6.90. The second-order valence-electron chi connectivity index (χ2n) is 5.61. The molecule has 2 aliphatic heterocycles. The molecule has 100 valence electrons. The molecule has 2 aliphatic rings. The number of nitriles is 1. The fourth-order valence-corrected chi connectivity index (χ4v) is 3.58. The zero-order valence-corrected chi connectivity index (χ0v) is 12.5. The Labute approximate surface area is 122 Å². The summed E-state index contributed by atoms with van der Waals surface area (Å²) in [5, 5.41) is 13.1. The van der Waals surface area contributed by atoms with E-state index in [1.807, 2.05) is 24.3 Å². The van der Waals surface area contributed by atoms with E-state index >= 15 is 0 Å². The summed E-state index contributed by atoms with van der Waals surface area (Å²) in [6, 6.07) is 11.2. The van der Waals surface area contributed by atoms with Gasteiger partial charge in [-0.15, -0.1) is 0 Å². The number of anilines is 1. The molecule has 0 spiro atoms. The Kier molecular flexibility index (Phi) is 3.51. The Balaban J connectivity index is 1.76. The topological polar surface area (TPSA) is 39.1 Å². The number of hydrogen-bond acceptors (Lipinski definition) is 3. The van der Waals surface area contributed by atoms with Crippen molar-refractivity contribution in [1.82, 2.24) is 4.90 Å². The molecule has 0 aromatic heterocycles. The van der Waals surface area contributed by atoms with E-state index in [9.17, 15) is 5.26 Å². The molecule has 2 atom stereocenters. The lowest BCUT2D eigenvalue weighted by Crippen LogP contribution is -2.51. The van der Waals surface area contributed by atoms with Gasteiger partial charge in [0.2, 0.25) is 0 Å². The quantitative estimate of drug-likeness (QED) is 0.908. The molecule has 3 rings (SSSR count). The van der Waals surface area contributed by atoms with Gasteiger partial charge >= 0.3 is 0 Å². The predicted molar refractivity (Wildman–Crippen MR) is 79.9 cm³/mol. The maximum atomic E-state index is 9.64. The lowest BCUT2D eigenvalue weighted by atomic mass is 9.84. The van der Waals surface area contributed by atoms with E-state index in [0.717, 1.165) is 29.5 Å². The van der Waals surface area contributed by atoms with Gasteiger partial charge in [-0.2, -0.15) is 5.26 Å². The van der Waals surface area contributed by atoms with Gasteiger partial charge in [0.25, 0.3) is 0 Å². The molecule has 2 unspecified atom stereocenters. The Morgan fingerprint density at radius 3 is 2.84 bits per heavy atom. The first-order valence-corrected chi connectivity index (χ1v) is 7.69. The van der Waals surface area contributed by atoms with Crippen LogP contribution in [0.15, 0.2) is 28.7 Å². The largest absolute Gasteiger partial charge is 0.367 e. The predicted octanol–water partition coefficient (Wildman–Crippen LogP) is 3.38. The van der Waals surface area contributed by atoms with Crippen LogP contribution in [0.5, 0.6) is 0 Å². The molecule has 3 nitrogen and oxygen atoms in total. The van der Waals surface area contributed by atoms with Gasteiger partial charge < -0.3 is 10.2 Å². The van der Waals surface area contributed by atoms with Crippen LogP contribution in [0, 0.1) is 11.3 Å². The van der Waals surface area contributed by atoms with Crippen molar-refractivity contribution in [3.05, 3.63) is 28.7 Å². The molecule has 0 amide bonds. The van der Waals surface area contributed by atoms with Gasteiger partial charge in [-0.1, -0.05) is 15.9 Å². The summed E-state index contributed by atoms with van der Waals surface area (Å²) >= 11 is 3.44. The molecule has 0 radical (unpaired) electrons. The van der Waals surface area contributed by atoms with Crippen LogP contribution in [0.3, 0.4) is 0 Å². The number of rotatable bonds is 2. The summed E-state index contributed by atoms with van der Waals surface area (Å²) in [7, 11) is 0. The monoisotopic (exact) mass is 319 g/mol. The number of fused-ring (bicyclic) bond motifs is 1. The van der Waals surface area contributed by atoms with Crippen molar-refractivity contribution in [2.24, 2.45) is 0 Å². The van der Waals surface area contributed by atoms with Crippen LogP contribution in [-0.2, 0) is 0 Å². The van der Waals surface area contributed by atoms with Gasteiger partial charge in [-0.25, -0.2) is 0 Å². The van der Waals surface area contributed by atoms with Crippen LogP contribution in [0.2, 0.25) is 0 Å². The molecule has 2 saturated heterocycles. The van der Waals surface area contributed by atoms with Crippen molar-refractivity contribution in [1.29, 1.82) is 5.26 Å². The minimum Gasteiger partial charge on any atom is -0.367 e. The summed E-state index contributed by atoms with van der Waals surface area (Å²) in [4.78, 5) is 2.54. The number of halogens is 1. The molecular weight excluding hydrogens is 302 g/mol. The normalized spacial score (nSPS) is 30.6. The van der Waals surface area contributed by atoms with E-state index in [2.05, 4.69) is 32.2 Å². The SMILES string of the molecule is N#CC1(Nc2ccc(Br)cc2)CCN2CCCC2C1. The summed E-state index contributed by atoms with van der Waals surface area (Å²) < 4.78 is 1.06. The first kappa shape index (κ1) is 13.0. The third kappa shape index (κ3) is 2.63. The van der Waals surface area contributed by atoms with Crippen molar-refractivity contribution < 1.29 is 0 Å². The Morgan fingerprint density at radius 2 is 2.11 bits per heavy atom. The van der Waals surface area contributed by atoms with E-state index in [4.69, 9.17) is 0 Å². The Bertz CT molecular complexity index is 493. The van der Waals surface area contributed by atoms with Crippen LogP contribution in [-0.4, -0.2) is 29.6 Å². The molecule has 1 aromatic rings. The van der Waals surface area contributed by atoms with E-state index in [1.54, 1.807) is 0 Å². The van der Waals surface area contributed by atoms with E-state index < -0.39 is 0 Å². The number of benzene rings is 1. The molecule has 0 saturated carbocycles. The highest BCUT2D eigenvalue weighted by Gasteiger charge is 2.41. The zero-order valence-electron chi connectivity index (χ0n) is 10.9.